The Labute approximate surface area is 124 Å². The second-order valence-electron chi connectivity index (χ2n) is 6.01. The maximum absolute atomic E-state index is 11.0. The van der Waals surface area contributed by atoms with E-state index in [1.54, 1.807) is 6.07 Å². The Balaban J connectivity index is 1.74. The summed E-state index contributed by atoms with van der Waals surface area (Å²) in [5.74, 6) is -0.927. The maximum atomic E-state index is 11.0. The third-order valence-corrected chi connectivity index (χ3v) is 4.17. The van der Waals surface area contributed by atoms with Crippen molar-refractivity contribution in [1.82, 2.24) is 9.88 Å². The molecule has 0 bridgehead atoms. The van der Waals surface area contributed by atoms with Crippen LogP contribution in [0.2, 0.25) is 0 Å². The molecule has 3 N–H and O–H groups in total. The van der Waals surface area contributed by atoms with Gasteiger partial charge in [-0.15, -0.1) is 0 Å². The number of carboxylic acids is 1. The van der Waals surface area contributed by atoms with Crippen LogP contribution in [0.1, 0.15) is 30.8 Å². The van der Waals surface area contributed by atoms with E-state index in [0.29, 0.717) is 12.1 Å². The Morgan fingerprint density at radius 1 is 1.43 bits per heavy atom. The van der Waals surface area contributed by atoms with Crippen molar-refractivity contribution in [2.24, 2.45) is 0 Å². The summed E-state index contributed by atoms with van der Waals surface area (Å²) in [6, 6.07) is 8.67. The van der Waals surface area contributed by atoms with Crippen molar-refractivity contribution in [3.8, 4) is 0 Å². The van der Waals surface area contributed by atoms with Crippen molar-refractivity contribution in [3.05, 3.63) is 30.0 Å². The Morgan fingerprint density at radius 3 is 2.90 bits per heavy atom. The van der Waals surface area contributed by atoms with Crippen LogP contribution in [-0.4, -0.2) is 46.1 Å². The zero-order valence-corrected chi connectivity index (χ0v) is 12.4. The molecular weight excluding hydrogens is 266 g/mol. The van der Waals surface area contributed by atoms with E-state index in [-0.39, 0.29) is 5.69 Å². The standard InChI is InChI=1S/C16H21N3O2/c1-10(2)19-6-5-13(9-19)17-12-3-4-14-11(7-12)8-15(18-14)16(20)21/h3-4,7-8,10,13,17-18H,5-6,9H2,1-2H3,(H,20,21). The van der Waals surface area contributed by atoms with Crippen molar-refractivity contribution in [2.75, 3.05) is 18.4 Å². The molecule has 0 saturated carbocycles. The summed E-state index contributed by atoms with van der Waals surface area (Å²) in [6.07, 6.45) is 1.14. The van der Waals surface area contributed by atoms with Gasteiger partial charge >= 0.3 is 5.97 Å². The van der Waals surface area contributed by atoms with Crippen molar-refractivity contribution >= 4 is 22.6 Å². The lowest BCUT2D eigenvalue weighted by Gasteiger charge is -2.20. The van der Waals surface area contributed by atoms with Crippen LogP contribution in [0.15, 0.2) is 24.3 Å². The normalized spacial score (nSPS) is 19.5. The summed E-state index contributed by atoms with van der Waals surface area (Å²) in [6.45, 7) is 6.64. The molecule has 1 aromatic heterocycles. The van der Waals surface area contributed by atoms with Crippen LogP contribution in [0, 0.1) is 0 Å². The molecule has 0 spiro atoms. The number of fused-ring (bicyclic) bond motifs is 1. The minimum Gasteiger partial charge on any atom is -0.477 e. The summed E-state index contributed by atoms with van der Waals surface area (Å²) >= 11 is 0. The number of aromatic carboxylic acids is 1. The third-order valence-electron chi connectivity index (χ3n) is 4.17. The van der Waals surface area contributed by atoms with E-state index in [1.807, 2.05) is 18.2 Å². The Morgan fingerprint density at radius 2 is 2.24 bits per heavy atom. The second-order valence-corrected chi connectivity index (χ2v) is 6.01. The van der Waals surface area contributed by atoms with E-state index in [1.165, 1.54) is 0 Å². The van der Waals surface area contributed by atoms with Gasteiger partial charge in [-0.3, -0.25) is 4.90 Å². The molecule has 1 atom stereocenters. The average molecular weight is 287 g/mol. The number of hydrogen-bond donors (Lipinski definition) is 3. The highest BCUT2D eigenvalue weighted by Crippen LogP contribution is 2.23. The highest BCUT2D eigenvalue weighted by Gasteiger charge is 2.23. The van der Waals surface area contributed by atoms with Crippen LogP contribution in [-0.2, 0) is 0 Å². The molecular formula is C16H21N3O2. The van der Waals surface area contributed by atoms with Crippen LogP contribution >= 0.6 is 0 Å². The fourth-order valence-electron chi connectivity index (χ4n) is 2.95. The first kappa shape index (κ1) is 13.9. The number of nitrogens with one attached hydrogen (secondary N) is 2. The lowest BCUT2D eigenvalue weighted by molar-refractivity contribution is 0.0691. The zero-order chi connectivity index (χ0) is 15.0. The maximum Gasteiger partial charge on any atom is 0.352 e. The molecule has 0 amide bonds. The first-order valence-corrected chi connectivity index (χ1v) is 7.39. The van der Waals surface area contributed by atoms with Gasteiger partial charge in [0.1, 0.15) is 5.69 Å². The first-order valence-electron chi connectivity index (χ1n) is 7.39. The number of likely N-dealkylation sites (tertiary alicyclic amines) is 1. The van der Waals surface area contributed by atoms with Gasteiger partial charge in [0.25, 0.3) is 0 Å². The minimum absolute atomic E-state index is 0.231. The fourth-order valence-corrected chi connectivity index (χ4v) is 2.95. The van der Waals surface area contributed by atoms with E-state index in [2.05, 4.69) is 29.0 Å². The molecule has 0 radical (unpaired) electrons. The van der Waals surface area contributed by atoms with E-state index in [9.17, 15) is 4.79 Å². The molecule has 1 aliphatic rings. The number of hydrogen-bond acceptors (Lipinski definition) is 3. The molecule has 3 rings (SSSR count). The number of anilines is 1. The summed E-state index contributed by atoms with van der Waals surface area (Å²) in [4.78, 5) is 16.4. The van der Waals surface area contributed by atoms with Gasteiger partial charge in [0.05, 0.1) is 0 Å². The molecule has 5 nitrogen and oxygen atoms in total. The fraction of sp³-hybridized carbons (Fsp3) is 0.438. The Bertz CT molecular complexity index is 663. The van der Waals surface area contributed by atoms with Crippen molar-refractivity contribution < 1.29 is 9.90 Å². The number of H-pyrrole nitrogens is 1. The van der Waals surface area contributed by atoms with Crippen LogP contribution in [0.3, 0.4) is 0 Å². The summed E-state index contributed by atoms with van der Waals surface area (Å²) in [7, 11) is 0. The number of benzene rings is 1. The van der Waals surface area contributed by atoms with Crippen LogP contribution in [0.25, 0.3) is 10.9 Å². The SMILES string of the molecule is CC(C)N1CCC(Nc2ccc3[nH]c(C(=O)O)cc3c2)C1. The molecule has 1 aromatic carbocycles. The van der Waals surface area contributed by atoms with E-state index >= 15 is 0 Å². The monoisotopic (exact) mass is 287 g/mol. The van der Waals surface area contributed by atoms with Crippen molar-refractivity contribution in [1.29, 1.82) is 0 Å². The second kappa shape index (κ2) is 5.41. The van der Waals surface area contributed by atoms with Gasteiger partial charge in [-0.2, -0.15) is 0 Å². The third kappa shape index (κ3) is 2.88. The van der Waals surface area contributed by atoms with Gasteiger partial charge in [-0.25, -0.2) is 4.79 Å². The molecule has 2 aromatic rings. The molecule has 1 fully saturated rings. The minimum atomic E-state index is -0.927. The van der Waals surface area contributed by atoms with Gasteiger partial charge in [-0.05, 0) is 44.5 Å². The molecule has 112 valence electrons. The largest absolute Gasteiger partial charge is 0.477 e. The smallest absolute Gasteiger partial charge is 0.352 e. The predicted molar refractivity (Wildman–Crippen MR) is 84.0 cm³/mol. The van der Waals surface area contributed by atoms with Gasteiger partial charge in [0, 0.05) is 41.8 Å². The molecule has 5 heteroatoms. The van der Waals surface area contributed by atoms with Gasteiger partial charge in [0.2, 0.25) is 0 Å². The highest BCUT2D eigenvalue weighted by atomic mass is 16.4. The summed E-state index contributed by atoms with van der Waals surface area (Å²) < 4.78 is 0. The van der Waals surface area contributed by atoms with Gasteiger partial charge in [0.15, 0.2) is 0 Å². The number of rotatable bonds is 4. The Hall–Kier alpha value is -2.01. The average Bonchev–Trinajstić information content (AvgIpc) is 3.04. The first-order chi connectivity index (χ1) is 10.0. The van der Waals surface area contributed by atoms with Crippen LogP contribution in [0.4, 0.5) is 5.69 Å². The number of carboxylic acid groups (broad SMARTS) is 1. The van der Waals surface area contributed by atoms with Crippen molar-refractivity contribution in [3.63, 3.8) is 0 Å². The van der Waals surface area contributed by atoms with Gasteiger partial charge in [-0.1, -0.05) is 0 Å². The van der Waals surface area contributed by atoms with Crippen LogP contribution < -0.4 is 5.32 Å². The summed E-state index contributed by atoms with van der Waals surface area (Å²) in [5.41, 5.74) is 2.14. The lowest BCUT2D eigenvalue weighted by atomic mass is 10.2. The number of carbonyl (C=O) groups is 1. The summed E-state index contributed by atoms with van der Waals surface area (Å²) in [5, 5.41) is 13.5. The van der Waals surface area contributed by atoms with E-state index in [0.717, 1.165) is 36.1 Å². The number of aromatic nitrogens is 1. The van der Waals surface area contributed by atoms with Crippen molar-refractivity contribution in [2.45, 2.75) is 32.4 Å². The van der Waals surface area contributed by atoms with E-state index < -0.39 is 5.97 Å². The topological polar surface area (TPSA) is 68.4 Å². The number of nitrogens with zero attached hydrogens (tertiary/aromatic N) is 1. The molecule has 0 aliphatic carbocycles. The molecule has 1 saturated heterocycles. The predicted octanol–water partition coefficient (Wildman–Crippen LogP) is 2.76. The Kier molecular flexibility index (Phi) is 3.59. The quantitative estimate of drug-likeness (QED) is 0.809. The zero-order valence-electron chi connectivity index (χ0n) is 12.4. The number of aromatic amines is 1. The highest BCUT2D eigenvalue weighted by molar-refractivity contribution is 5.94. The molecule has 1 unspecified atom stereocenters. The van der Waals surface area contributed by atoms with E-state index in [4.69, 9.17) is 5.11 Å². The van der Waals surface area contributed by atoms with Gasteiger partial charge < -0.3 is 15.4 Å². The molecule has 21 heavy (non-hydrogen) atoms. The molecule has 1 aliphatic heterocycles. The lowest BCUT2D eigenvalue weighted by Crippen LogP contribution is -2.31. The van der Waals surface area contributed by atoms with Crippen LogP contribution in [0.5, 0.6) is 0 Å². The molecule has 2 heterocycles.